The van der Waals surface area contributed by atoms with Crippen molar-refractivity contribution in [2.45, 2.75) is 19.6 Å². The van der Waals surface area contributed by atoms with Gasteiger partial charge in [-0.25, -0.2) is 0 Å². The number of rotatable bonds is 4. The lowest BCUT2D eigenvalue weighted by molar-refractivity contribution is 0.0997. The molecule has 0 aliphatic rings. The van der Waals surface area contributed by atoms with Gasteiger partial charge in [-0.1, -0.05) is 31.2 Å². The van der Waals surface area contributed by atoms with Gasteiger partial charge in [0, 0.05) is 5.02 Å². The predicted octanol–water partition coefficient (Wildman–Crippen LogP) is 2.70. The van der Waals surface area contributed by atoms with E-state index in [2.05, 4.69) is 19.6 Å². The second-order valence-electron chi connectivity index (χ2n) is 4.85. The van der Waals surface area contributed by atoms with E-state index < -0.39 is 14.0 Å². The number of ether oxygens (including phenoxy) is 1. The fourth-order valence-electron chi connectivity index (χ4n) is 1.11. The second-order valence-corrected chi connectivity index (χ2v) is 10.7. The van der Waals surface area contributed by atoms with Gasteiger partial charge in [0.15, 0.2) is 0 Å². The van der Waals surface area contributed by atoms with Crippen LogP contribution in [0, 0.1) is 0 Å². The topological polar surface area (TPSA) is 52.3 Å². The van der Waals surface area contributed by atoms with E-state index in [4.69, 9.17) is 22.1 Å². The summed E-state index contributed by atoms with van der Waals surface area (Å²) in [6.07, 6.45) is 0.633. The molecule has 0 aliphatic carbocycles. The third-order valence-corrected chi connectivity index (χ3v) is 3.12. The molecule has 3 nitrogen and oxygen atoms in total. The molecule has 1 aromatic rings. The van der Waals surface area contributed by atoms with Gasteiger partial charge in [-0.05, 0) is 18.2 Å². The molecule has 0 aromatic heterocycles. The van der Waals surface area contributed by atoms with Crippen molar-refractivity contribution < 1.29 is 9.53 Å². The Morgan fingerprint density at radius 2 is 2.06 bits per heavy atom. The molecule has 88 valence electrons. The number of nitrogens with two attached hydrogens (primary N) is 1. The van der Waals surface area contributed by atoms with Gasteiger partial charge in [0.1, 0.15) is 5.75 Å². The highest BCUT2D eigenvalue weighted by atomic mass is 35.5. The highest BCUT2D eigenvalue weighted by molar-refractivity contribution is 6.76. The molecular formula is C11H16ClNO2Si. The van der Waals surface area contributed by atoms with Gasteiger partial charge in [0.25, 0.3) is 5.91 Å². The van der Waals surface area contributed by atoms with E-state index >= 15 is 0 Å². The van der Waals surface area contributed by atoms with Crippen molar-refractivity contribution in [3.8, 4) is 5.75 Å². The minimum Gasteiger partial charge on any atom is -0.496 e. The Labute approximate surface area is 102 Å². The molecule has 0 fully saturated rings. The first-order valence-corrected chi connectivity index (χ1v) is 9.10. The first-order chi connectivity index (χ1) is 7.29. The zero-order chi connectivity index (χ0) is 12.3. The number of benzene rings is 1. The van der Waals surface area contributed by atoms with Gasteiger partial charge >= 0.3 is 0 Å². The average molecular weight is 258 g/mol. The van der Waals surface area contributed by atoms with Crippen LogP contribution < -0.4 is 10.5 Å². The number of primary amides is 1. The third-order valence-electron chi connectivity index (χ3n) is 1.87. The molecule has 1 amide bonds. The summed E-state index contributed by atoms with van der Waals surface area (Å²) in [5.74, 6) is -0.0235. The summed E-state index contributed by atoms with van der Waals surface area (Å²) in [5, 5.41) is 0.538. The van der Waals surface area contributed by atoms with E-state index in [1.807, 2.05) is 0 Å². The average Bonchev–Trinajstić information content (AvgIpc) is 2.13. The summed E-state index contributed by atoms with van der Waals surface area (Å²) in [6.45, 7) is 6.55. The smallest absolute Gasteiger partial charge is 0.252 e. The van der Waals surface area contributed by atoms with Crippen LogP contribution >= 0.6 is 11.6 Å². The highest BCUT2D eigenvalue weighted by Gasteiger charge is 2.17. The molecule has 0 aliphatic heterocycles. The molecule has 0 atom stereocenters. The molecule has 0 spiro atoms. The van der Waals surface area contributed by atoms with Crippen LogP contribution in [0.15, 0.2) is 18.2 Å². The predicted molar refractivity (Wildman–Crippen MR) is 68.8 cm³/mol. The van der Waals surface area contributed by atoms with Crippen molar-refractivity contribution >= 4 is 25.6 Å². The Morgan fingerprint density at radius 3 is 2.56 bits per heavy atom. The van der Waals surface area contributed by atoms with E-state index in [0.29, 0.717) is 22.6 Å². The fourth-order valence-corrected chi connectivity index (χ4v) is 1.86. The van der Waals surface area contributed by atoms with E-state index in [9.17, 15) is 4.79 Å². The number of amides is 1. The second kappa shape index (κ2) is 4.89. The molecule has 0 saturated carbocycles. The van der Waals surface area contributed by atoms with Crippen molar-refractivity contribution in [2.24, 2.45) is 5.73 Å². The van der Waals surface area contributed by atoms with Crippen molar-refractivity contribution in [1.29, 1.82) is 0 Å². The van der Waals surface area contributed by atoms with Crippen LogP contribution in [0.2, 0.25) is 24.7 Å². The molecule has 16 heavy (non-hydrogen) atoms. The number of hydrogen-bond acceptors (Lipinski definition) is 2. The van der Waals surface area contributed by atoms with Crippen molar-refractivity contribution in [3.05, 3.63) is 28.8 Å². The van der Waals surface area contributed by atoms with Gasteiger partial charge in [0.2, 0.25) is 0 Å². The third kappa shape index (κ3) is 3.87. The zero-order valence-electron chi connectivity index (χ0n) is 9.71. The number of carbonyl (C=O) groups is 1. The molecule has 1 rings (SSSR count). The van der Waals surface area contributed by atoms with Gasteiger partial charge in [-0.15, -0.1) is 0 Å². The first kappa shape index (κ1) is 13.1. The summed E-state index contributed by atoms with van der Waals surface area (Å²) in [5.41, 5.74) is 5.63. The van der Waals surface area contributed by atoms with Crippen molar-refractivity contribution in [3.63, 3.8) is 0 Å². The van der Waals surface area contributed by atoms with Gasteiger partial charge < -0.3 is 10.5 Å². The molecule has 0 radical (unpaired) electrons. The van der Waals surface area contributed by atoms with E-state index in [1.165, 1.54) is 0 Å². The first-order valence-electron chi connectivity index (χ1n) is 5.02. The van der Waals surface area contributed by atoms with E-state index in [1.54, 1.807) is 18.2 Å². The molecule has 0 bridgehead atoms. The lowest BCUT2D eigenvalue weighted by Gasteiger charge is -2.18. The SMILES string of the molecule is C[Si](C)(C)COc1cc(Cl)ccc1C(N)=O. The van der Waals surface area contributed by atoms with Crippen LogP contribution in [-0.4, -0.2) is 20.2 Å². The van der Waals surface area contributed by atoms with Crippen molar-refractivity contribution in [1.82, 2.24) is 0 Å². The molecule has 2 N–H and O–H groups in total. The van der Waals surface area contributed by atoms with Crippen LogP contribution in [0.5, 0.6) is 5.75 Å². The summed E-state index contributed by atoms with van der Waals surface area (Å²) in [7, 11) is -1.33. The van der Waals surface area contributed by atoms with Gasteiger partial charge in [-0.2, -0.15) is 0 Å². The largest absolute Gasteiger partial charge is 0.496 e. The van der Waals surface area contributed by atoms with Gasteiger partial charge in [-0.3, -0.25) is 4.79 Å². The van der Waals surface area contributed by atoms with Crippen LogP contribution in [0.1, 0.15) is 10.4 Å². The van der Waals surface area contributed by atoms with Crippen molar-refractivity contribution in [2.75, 3.05) is 6.23 Å². The molecule has 0 saturated heterocycles. The van der Waals surface area contributed by atoms with Crippen LogP contribution in [0.25, 0.3) is 0 Å². The minimum absolute atomic E-state index is 0.377. The molecule has 0 heterocycles. The van der Waals surface area contributed by atoms with Crippen LogP contribution in [-0.2, 0) is 0 Å². The lowest BCUT2D eigenvalue weighted by Crippen LogP contribution is -2.30. The maximum absolute atomic E-state index is 11.2. The summed E-state index contributed by atoms with van der Waals surface area (Å²) >= 11 is 5.85. The molecular weight excluding hydrogens is 242 g/mol. The summed E-state index contributed by atoms with van der Waals surface area (Å²) in [4.78, 5) is 11.2. The Morgan fingerprint density at radius 1 is 1.44 bits per heavy atom. The lowest BCUT2D eigenvalue weighted by atomic mass is 10.2. The Hall–Kier alpha value is -1.00. The quantitative estimate of drug-likeness (QED) is 0.844. The Bertz CT molecular complexity index is 401. The number of hydrogen-bond donors (Lipinski definition) is 1. The highest BCUT2D eigenvalue weighted by Crippen LogP contribution is 2.23. The maximum Gasteiger partial charge on any atom is 0.252 e. The molecule has 1 aromatic carbocycles. The fraction of sp³-hybridized carbons (Fsp3) is 0.364. The van der Waals surface area contributed by atoms with Crippen LogP contribution in [0.4, 0.5) is 0 Å². The minimum atomic E-state index is -1.33. The normalized spacial score (nSPS) is 11.2. The van der Waals surface area contributed by atoms with Gasteiger partial charge in [0.05, 0.1) is 19.9 Å². The molecule has 0 unspecified atom stereocenters. The zero-order valence-corrected chi connectivity index (χ0v) is 11.5. The monoisotopic (exact) mass is 257 g/mol. The summed E-state index contributed by atoms with van der Waals surface area (Å²) in [6, 6.07) is 4.84. The number of halogens is 1. The van der Waals surface area contributed by atoms with E-state index in [-0.39, 0.29) is 0 Å². The van der Waals surface area contributed by atoms with Crippen LogP contribution in [0.3, 0.4) is 0 Å². The number of carbonyl (C=O) groups excluding carboxylic acids is 1. The molecule has 5 heteroatoms. The van der Waals surface area contributed by atoms with E-state index in [0.717, 1.165) is 0 Å². The Balaban J connectivity index is 2.93. The maximum atomic E-state index is 11.2. The standard InChI is InChI=1S/C11H16ClNO2Si/c1-16(2,3)7-15-10-6-8(12)4-5-9(10)11(13)14/h4-6H,7H2,1-3H3,(H2,13,14). The summed E-state index contributed by atoms with van der Waals surface area (Å²) < 4.78 is 5.62. The Kier molecular flexibility index (Phi) is 3.99.